The number of ether oxygens (including phenoxy) is 1. The van der Waals surface area contributed by atoms with Gasteiger partial charge in [-0.1, -0.05) is 6.07 Å². The molecule has 2 aromatic rings. The van der Waals surface area contributed by atoms with Crippen LogP contribution in [0.5, 0.6) is 5.75 Å². The van der Waals surface area contributed by atoms with Gasteiger partial charge in [0, 0.05) is 23.7 Å². The first-order valence-electron chi connectivity index (χ1n) is 6.06. The number of fused-ring (bicyclic) bond motifs is 1. The van der Waals surface area contributed by atoms with Crippen LogP contribution in [0.25, 0.3) is 10.9 Å². The van der Waals surface area contributed by atoms with E-state index >= 15 is 0 Å². The van der Waals surface area contributed by atoms with Crippen molar-refractivity contribution >= 4 is 10.9 Å². The fraction of sp³-hybridized carbons (Fsp3) is 0.429. The Balaban J connectivity index is 2.69. The van der Waals surface area contributed by atoms with Crippen molar-refractivity contribution < 1.29 is 4.74 Å². The summed E-state index contributed by atoms with van der Waals surface area (Å²) < 4.78 is 7.75. The van der Waals surface area contributed by atoms with Crippen LogP contribution in [0.4, 0.5) is 0 Å². The first-order chi connectivity index (χ1) is 8.22. The number of hydrogen-bond acceptors (Lipinski definition) is 2. The second-order valence-corrected chi connectivity index (χ2v) is 4.22. The summed E-state index contributed by atoms with van der Waals surface area (Å²) >= 11 is 0. The van der Waals surface area contributed by atoms with Gasteiger partial charge in [-0.05, 0) is 39.1 Å². The van der Waals surface area contributed by atoms with Crippen molar-refractivity contribution in [3.05, 3.63) is 30.0 Å². The summed E-state index contributed by atoms with van der Waals surface area (Å²) in [5.41, 5.74) is 2.54. The van der Waals surface area contributed by atoms with Gasteiger partial charge in [-0.15, -0.1) is 0 Å². The Hall–Kier alpha value is -1.48. The molecule has 0 bridgehead atoms. The second-order valence-electron chi connectivity index (χ2n) is 4.22. The highest BCUT2D eigenvalue weighted by Gasteiger charge is 2.14. The van der Waals surface area contributed by atoms with Crippen molar-refractivity contribution in [2.45, 2.75) is 26.4 Å². The molecular weight excluding hydrogens is 212 g/mol. The van der Waals surface area contributed by atoms with Crippen LogP contribution < -0.4 is 10.1 Å². The summed E-state index contributed by atoms with van der Waals surface area (Å²) in [4.78, 5) is 0. The molecule has 0 aliphatic heterocycles. The minimum absolute atomic E-state index is 0.340. The summed E-state index contributed by atoms with van der Waals surface area (Å²) in [6, 6.07) is 8.76. The molecule has 1 atom stereocenters. The van der Waals surface area contributed by atoms with E-state index in [1.165, 1.54) is 16.6 Å². The molecule has 17 heavy (non-hydrogen) atoms. The fourth-order valence-electron chi connectivity index (χ4n) is 2.32. The summed E-state index contributed by atoms with van der Waals surface area (Å²) in [5, 5.41) is 4.48. The van der Waals surface area contributed by atoms with E-state index in [-0.39, 0.29) is 0 Å². The minimum Gasteiger partial charge on any atom is -0.496 e. The van der Waals surface area contributed by atoms with Crippen LogP contribution >= 0.6 is 0 Å². The Morgan fingerprint density at radius 3 is 2.76 bits per heavy atom. The van der Waals surface area contributed by atoms with Crippen LogP contribution in [-0.2, 0) is 6.54 Å². The van der Waals surface area contributed by atoms with Gasteiger partial charge in [0.25, 0.3) is 0 Å². The lowest BCUT2D eigenvalue weighted by Gasteiger charge is -2.13. The monoisotopic (exact) mass is 232 g/mol. The lowest BCUT2D eigenvalue weighted by atomic mass is 10.2. The number of nitrogens with one attached hydrogen (secondary N) is 1. The van der Waals surface area contributed by atoms with Crippen molar-refractivity contribution in [2.75, 3.05) is 14.2 Å². The largest absolute Gasteiger partial charge is 0.496 e. The number of hydrogen-bond donors (Lipinski definition) is 1. The van der Waals surface area contributed by atoms with Crippen molar-refractivity contribution in [1.82, 2.24) is 9.88 Å². The number of rotatable bonds is 4. The van der Waals surface area contributed by atoms with E-state index in [0.717, 1.165) is 12.3 Å². The third-order valence-electron chi connectivity index (χ3n) is 3.35. The van der Waals surface area contributed by atoms with Gasteiger partial charge in [0.15, 0.2) is 0 Å². The highest BCUT2D eigenvalue weighted by molar-refractivity contribution is 5.87. The van der Waals surface area contributed by atoms with Gasteiger partial charge in [-0.3, -0.25) is 0 Å². The van der Waals surface area contributed by atoms with E-state index in [1.54, 1.807) is 7.11 Å². The van der Waals surface area contributed by atoms with Crippen molar-refractivity contribution in [3.63, 3.8) is 0 Å². The highest BCUT2D eigenvalue weighted by atomic mass is 16.5. The van der Waals surface area contributed by atoms with Crippen LogP contribution in [0, 0.1) is 0 Å². The van der Waals surface area contributed by atoms with Crippen LogP contribution in [0.1, 0.15) is 25.6 Å². The molecule has 0 amide bonds. The summed E-state index contributed by atoms with van der Waals surface area (Å²) in [5.74, 6) is 0.944. The van der Waals surface area contributed by atoms with Crippen molar-refractivity contribution in [3.8, 4) is 5.75 Å². The Bertz CT molecular complexity index is 516. The van der Waals surface area contributed by atoms with Crippen LogP contribution in [0.3, 0.4) is 0 Å². The molecule has 0 fully saturated rings. The lowest BCUT2D eigenvalue weighted by molar-refractivity contribution is 0.420. The molecule has 1 unspecified atom stereocenters. The summed E-state index contributed by atoms with van der Waals surface area (Å²) in [6.45, 7) is 5.32. The molecule has 0 spiro atoms. The second kappa shape index (κ2) is 4.80. The van der Waals surface area contributed by atoms with Gasteiger partial charge in [0.05, 0.1) is 12.6 Å². The standard InChI is InChI=1S/C14H20N2O/c1-5-16-12-7-6-8-14(17-4)11(12)9-13(16)10(2)15-3/h6-10,15H,5H2,1-4H3. The van der Waals surface area contributed by atoms with Gasteiger partial charge in [-0.2, -0.15) is 0 Å². The van der Waals surface area contributed by atoms with E-state index in [2.05, 4.69) is 35.9 Å². The minimum atomic E-state index is 0.340. The topological polar surface area (TPSA) is 26.2 Å². The molecule has 0 saturated heterocycles. The Kier molecular flexibility index (Phi) is 3.38. The Morgan fingerprint density at radius 2 is 2.18 bits per heavy atom. The predicted octanol–water partition coefficient (Wildman–Crippen LogP) is 2.95. The Morgan fingerprint density at radius 1 is 1.41 bits per heavy atom. The first kappa shape index (κ1) is 12.0. The zero-order chi connectivity index (χ0) is 12.4. The average Bonchev–Trinajstić information content (AvgIpc) is 2.75. The molecule has 1 N–H and O–H groups in total. The van der Waals surface area contributed by atoms with Gasteiger partial charge in [0.2, 0.25) is 0 Å². The van der Waals surface area contributed by atoms with Crippen LogP contribution in [0.15, 0.2) is 24.3 Å². The van der Waals surface area contributed by atoms with Crippen LogP contribution in [-0.4, -0.2) is 18.7 Å². The molecule has 1 aromatic heterocycles. The molecule has 1 heterocycles. The molecule has 0 radical (unpaired) electrons. The zero-order valence-corrected chi connectivity index (χ0v) is 10.9. The van der Waals surface area contributed by atoms with Crippen molar-refractivity contribution in [2.24, 2.45) is 0 Å². The van der Waals surface area contributed by atoms with E-state index in [9.17, 15) is 0 Å². The number of nitrogens with zero attached hydrogens (tertiary/aromatic N) is 1. The number of benzene rings is 1. The maximum atomic E-state index is 5.42. The summed E-state index contributed by atoms with van der Waals surface area (Å²) in [7, 11) is 3.71. The molecule has 3 nitrogen and oxygen atoms in total. The maximum Gasteiger partial charge on any atom is 0.128 e. The van der Waals surface area contributed by atoms with Crippen molar-refractivity contribution in [1.29, 1.82) is 0 Å². The molecular formula is C14H20N2O. The zero-order valence-electron chi connectivity index (χ0n) is 10.9. The molecule has 3 heteroatoms. The first-order valence-corrected chi connectivity index (χ1v) is 6.06. The maximum absolute atomic E-state index is 5.42. The molecule has 0 aliphatic rings. The quantitative estimate of drug-likeness (QED) is 0.877. The lowest BCUT2D eigenvalue weighted by Crippen LogP contribution is -2.16. The number of aryl methyl sites for hydroxylation is 1. The molecule has 2 rings (SSSR count). The van der Waals surface area contributed by atoms with E-state index in [1.807, 2.05) is 19.2 Å². The third kappa shape index (κ3) is 1.91. The molecule has 0 aliphatic carbocycles. The predicted molar refractivity (Wildman–Crippen MR) is 71.6 cm³/mol. The molecule has 0 saturated carbocycles. The van der Waals surface area contributed by atoms with Gasteiger partial charge in [0.1, 0.15) is 5.75 Å². The fourth-order valence-corrected chi connectivity index (χ4v) is 2.32. The third-order valence-corrected chi connectivity index (χ3v) is 3.35. The summed E-state index contributed by atoms with van der Waals surface area (Å²) in [6.07, 6.45) is 0. The van der Waals surface area contributed by atoms with E-state index in [0.29, 0.717) is 6.04 Å². The van der Waals surface area contributed by atoms with Crippen LogP contribution in [0.2, 0.25) is 0 Å². The van der Waals surface area contributed by atoms with Gasteiger partial charge < -0.3 is 14.6 Å². The number of methoxy groups -OCH3 is 1. The van der Waals surface area contributed by atoms with E-state index in [4.69, 9.17) is 4.74 Å². The molecule has 1 aromatic carbocycles. The normalized spacial score (nSPS) is 12.9. The average molecular weight is 232 g/mol. The highest BCUT2D eigenvalue weighted by Crippen LogP contribution is 2.31. The smallest absolute Gasteiger partial charge is 0.128 e. The van der Waals surface area contributed by atoms with Gasteiger partial charge in [-0.25, -0.2) is 0 Å². The Labute approximate surface area is 102 Å². The van der Waals surface area contributed by atoms with E-state index < -0.39 is 0 Å². The molecule has 92 valence electrons. The SMILES string of the molecule is CCn1c(C(C)NC)cc2c(OC)cccc21. The van der Waals surface area contributed by atoms with Gasteiger partial charge >= 0.3 is 0 Å². The number of aromatic nitrogens is 1.